The molecule has 1 heterocycles. The van der Waals surface area contributed by atoms with E-state index in [4.69, 9.17) is 0 Å². The third kappa shape index (κ3) is 3.49. The Labute approximate surface area is 117 Å². The minimum absolute atomic E-state index is 0.527. The third-order valence-electron chi connectivity index (χ3n) is 2.78. The predicted molar refractivity (Wildman–Crippen MR) is 76.0 cm³/mol. The van der Waals surface area contributed by atoms with Crippen LogP contribution >= 0.6 is 0 Å². The van der Waals surface area contributed by atoms with Crippen molar-refractivity contribution in [3.8, 4) is 0 Å². The highest BCUT2D eigenvalue weighted by Gasteiger charge is 2.16. The Kier molecular flexibility index (Phi) is 4.57. The van der Waals surface area contributed by atoms with E-state index in [1.54, 1.807) is 49.6 Å². The molecule has 2 N–H and O–H groups in total. The van der Waals surface area contributed by atoms with Gasteiger partial charge in [-0.2, -0.15) is 5.10 Å². The number of hydrogen-bond acceptors (Lipinski definition) is 4. The molecule has 0 saturated heterocycles. The number of nitrogens with zero attached hydrogens (tertiary/aromatic N) is 2. The number of hydrazone groups is 1. The van der Waals surface area contributed by atoms with Crippen molar-refractivity contribution in [2.45, 2.75) is 13.0 Å². The molecule has 0 fully saturated rings. The molecule has 1 aromatic carbocycles. The molecule has 5 heteroatoms. The number of rotatable bonds is 4. The van der Waals surface area contributed by atoms with Crippen LogP contribution in [0.2, 0.25) is 0 Å². The molecule has 1 aromatic heterocycles. The molecule has 0 unspecified atom stereocenters. The normalized spacial score (nSPS) is 12.8. The molecule has 0 bridgehead atoms. The molecule has 1 atom stereocenters. The third-order valence-corrected chi connectivity index (χ3v) is 2.78. The number of aliphatic hydroxyl groups excluding tert-OH is 1. The first-order chi connectivity index (χ1) is 9.68. The summed E-state index contributed by atoms with van der Waals surface area (Å²) in [5.41, 5.74) is 4.30. The second kappa shape index (κ2) is 6.58. The molecule has 102 valence electrons. The maximum atomic E-state index is 11.8. The summed E-state index contributed by atoms with van der Waals surface area (Å²) in [6.45, 7) is 1.76. The first-order valence-electron chi connectivity index (χ1n) is 6.16. The highest BCUT2D eigenvalue weighted by atomic mass is 16.3. The fraction of sp³-hybridized carbons (Fsp3) is 0.133. The van der Waals surface area contributed by atoms with Gasteiger partial charge >= 0.3 is 0 Å². The monoisotopic (exact) mass is 269 g/mol. The standard InChI is InChI=1S/C15H15N3O2/c1-11(13-8-5-9-16-10-13)17-18-15(20)14(19)12-6-3-2-4-7-12/h2-10,14,19H,1H3,(H,18,20)/b17-11-/t14-/m0/s1. The summed E-state index contributed by atoms with van der Waals surface area (Å²) in [6.07, 6.45) is 2.08. The highest BCUT2D eigenvalue weighted by molar-refractivity contribution is 5.99. The number of benzene rings is 1. The molecule has 20 heavy (non-hydrogen) atoms. The van der Waals surface area contributed by atoms with Crippen LogP contribution in [-0.2, 0) is 4.79 Å². The first kappa shape index (κ1) is 13.9. The Balaban J connectivity index is 2.02. The highest BCUT2D eigenvalue weighted by Crippen LogP contribution is 2.11. The Morgan fingerprint density at radius 3 is 2.65 bits per heavy atom. The van der Waals surface area contributed by atoms with Crippen molar-refractivity contribution in [2.24, 2.45) is 5.10 Å². The van der Waals surface area contributed by atoms with Crippen LogP contribution < -0.4 is 5.43 Å². The van der Waals surface area contributed by atoms with Gasteiger partial charge in [-0.05, 0) is 18.6 Å². The zero-order valence-corrected chi connectivity index (χ0v) is 11.0. The van der Waals surface area contributed by atoms with Crippen LogP contribution in [0.15, 0.2) is 60.0 Å². The van der Waals surface area contributed by atoms with Gasteiger partial charge in [0, 0.05) is 18.0 Å². The summed E-state index contributed by atoms with van der Waals surface area (Å²) in [5, 5.41) is 13.8. The van der Waals surface area contributed by atoms with Crippen molar-refractivity contribution in [2.75, 3.05) is 0 Å². The minimum atomic E-state index is -1.23. The number of aliphatic hydroxyl groups is 1. The van der Waals surface area contributed by atoms with Crippen molar-refractivity contribution in [3.63, 3.8) is 0 Å². The molecular weight excluding hydrogens is 254 g/mol. The molecule has 0 spiro atoms. The van der Waals surface area contributed by atoms with Gasteiger partial charge in [-0.1, -0.05) is 36.4 Å². The number of carbonyl (C=O) groups excluding carboxylic acids is 1. The summed E-state index contributed by atoms with van der Waals surface area (Å²) >= 11 is 0. The van der Waals surface area contributed by atoms with Gasteiger partial charge in [-0.3, -0.25) is 9.78 Å². The number of carbonyl (C=O) groups is 1. The largest absolute Gasteiger partial charge is 0.378 e. The first-order valence-corrected chi connectivity index (χ1v) is 6.16. The van der Waals surface area contributed by atoms with Crippen molar-refractivity contribution < 1.29 is 9.90 Å². The fourth-order valence-corrected chi connectivity index (χ4v) is 1.63. The Morgan fingerprint density at radius 1 is 1.25 bits per heavy atom. The molecule has 2 rings (SSSR count). The minimum Gasteiger partial charge on any atom is -0.378 e. The maximum absolute atomic E-state index is 11.8. The van der Waals surface area contributed by atoms with E-state index in [1.165, 1.54) is 0 Å². The lowest BCUT2D eigenvalue weighted by Gasteiger charge is -2.09. The topological polar surface area (TPSA) is 74.6 Å². The van der Waals surface area contributed by atoms with Gasteiger partial charge in [0.05, 0.1) is 5.71 Å². The quantitative estimate of drug-likeness (QED) is 0.654. The van der Waals surface area contributed by atoms with Crippen LogP contribution in [0.1, 0.15) is 24.2 Å². The zero-order valence-electron chi connectivity index (χ0n) is 11.0. The molecule has 0 saturated carbocycles. The predicted octanol–water partition coefficient (Wildman–Crippen LogP) is 1.66. The summed E-state index contributed by atoms with van der Waals surface area (Å²) in [5.74, 6) is -0.570. The summed E-state index contributed by atoms with van der Waals surface area (Å²) in [6, 6.07) is 12.3. The summed E-state index contributed by atoms with van der Waals surface area (Å²) in [7, 11) is 0. The maximum Gasteiger partial charge on any atom is 0.273 e. The number of aromatic nitrogens is 1. The second-order valence-corrected chi connectivity index (χ2v) is 4.23. The average molecular weight is 269 g/mol. The van der Waals surface area contributed by atoms with Gasteiger partial charge in [0.2, 0.25) is 0 Å². The van der Waals surface area contributed by atoms with E-state index in [0.717, 1.165) is 5.56 Å². The molecule has 5 nitrogen and oxygen atoms in total. The lowest BCUT2D eigenvalue weighted by molar-refractivity contribution is -0.129. The number of pyridine rings is 1. The van der Waals surface area contributed by atoms with Crippen LogP contribution in [-0.4, -0.2) is 21.7 Å². The van der Waals surface area contributed by atoms with Crippen LogP contribution in [0.5, 0.6) is 0 Å². The number of hydrogen-bond donors (Lipinski definition) is 2. The number of nitrogens with one attached hydrogen (secondary N) is 1. The Bertz CT molecular complexity index is 597. The molecule has 1 amide bonds. The smallest absolute Gasteiger partial charge is 0.273 e. The Morgan fingerprint density at radius 2 is 2.00 bits per heavy atom. The summed E-state index contributed by atoms with van der Waals surface area (Å²) in [4.78, 5) is 15.8. The van der Waals surface area contributed by atoms with Crippen LogP contribution in [0, 0.1) is 0 Å². The van der Waals surface area contributed by atoms with E-state index < -0.39 is 12.0 Å². The van der Waals surface area contributed by atoms with E-state index in [9.17, 15) is 9.90 Å². The Hall–Kier alpha value is -2.53. The molecule has 0 aliphatic rings. The molecule has 0 radical (unpaired) electrons. The van der Waals surface area contributed by atoms with Gasteiger partial charge in [0.25, 0.3) is 5.91 Å². The van der Waals surface area contributed by atoms with Gasteiger partial charge in [-0.25, -0.2) is 5.43 Å². The summed E-state index contributed by atoms with van der Waals surface area (Å²) < 4.78 is 0. The lowest BCUT2D eigenvalue weighted by Crippen LogP contribution is -2.26. The van der Waals surface area contributed by atoms with Crippen molar-refractivity contribution in [3.05, 3.63) is 66.0 Å². The van der Waals surface area contributed by atoms with Crippen molar-refractivity contribution in [1.82, 2.24) is 10.4 Å². The van der Waals surface area contributed by atoms with Gasteiger partial charge in [0.15, 0.2) is 6.10 Å². The average Bonchev–Trinajstić information content (AvgIpc) is 2.53. The van der Waals surface area contributed by atoms with Gasteiger partial charge < -0.3 is 5.11 Å². The molecule has 2 aromatic rings. The van der Waals surface area contributed by atoms with E-state index in [0.29, 0.717) is 11.3 Å². The molecule has 0 aliphatic carbocycles. The van der Waals surface area contributed by atoms with E-state index in [1.807, 2.05) is 12.1 Å². The van der Waals surface area contributed by atoms with Gasteiger partial charge in [-0.15, -0.1) is 0 Å². The van der Waals surface area contributed by atoms with Gasteiger partial charge in [0.1, 0.15) is 0 Å². The number of amides is 1. The SMILES string of the molecule is C/C(=N/NC(=O)[C@@H](O)c1ccccc1)c1cccnc1. The molecule has 0 aliphatic heterocycles. The molecular formula is C15H15N3O2. The van der Waals surface area contributed by atoms with E-state index in [2.05, 4.69) is 15.5 Å². The van der Waals surface area contributed by atoms with E-state index in [-0.39, 0.29) is 0 Å². The van der Waals surface area contributed by atoms with Crippen molar-refractivity contribution >= 4 is 11.6 Å². The zero-order chi connectivity index (χ0) is 14.4. The fourth-order valence-electron chi connectivity index (χ4n) is 1.63. The van der Waals surface area contributed by atoms with E-state index >= 15 is 0 Å². The lowest BCUT2D eigenvalue weighted by atomic mass is 10.1. The van der Waals surface area contributed by atoms with Crippen molar-refractivity contribution in [1.29, 1.82) is 0 Å². The van der Waals surface area contributed by atoms with Crippen LogP contribution in [0.4, 0.5) is 0 Å². The second-order valence-electron chi connectivity index (χ2n) is 4.23. The van der Waals surface area contributed by atoms with Crippen LogP contribution in [0.3, 0.4) is 0 Å². The van der Waals surface area contributed by atoms with Crippen LogP contribution in [0.25, 0.3) is 0 Å².